The zero-order valence-corrected chi connectivity index (χ0v) is 15.2. The van der Waals surface area contributed by atoms with Gasteiger partial charge in [-0.1, -0.05) is 12.1 Å². The standard InChI is InChI=1S/C18H19N5O2S/c1-13-17(7-4-8-18(13)23-12-19-21-22-23)20-26(24,25)16-10-9-14-5-2-3-6-15(14)11-16/h4,7-12,20H,2-3,5-6H2,1H3. The highest BCUT2D eigenvalue weighted by Crippen LogP contribution is 2.27. The summed E-state index contributed by atoms with van der Waals surface area (Å²) in [7, 11) is -3.67. The first-order chi connectivity index (χ1) is 12.5. The van der Waals surface area contributed by atoms with E-state index in [4.69, 9.17) is 0 Å². The number of fused-ring (bicyclic) bond motifs is 1. The summed E-state index contributed by atoms with van der Waals surface area (Å²) in [5.41, 5.74) is 4.38. The Bertz CT molecular complexity index is 1050. The van der Waals surface area contributed by atoms with Gasteiger partial charge in [0.1, 0.15) is 6.33 Å². The third-order valence-electron chi connectivity index (χ3n) is 4.78. The Balaban J connectivity index is 1.67. The lowest BCUT2D eigenvalue weighted by Gasteiger charge is -2.18. The van der Waals surface area contributed by atoms with E-state index in [1.54, 1.807) is 24.3 Å². The van der Waals surface area contributed by atoms with Crippen LogP contribution < -0.4 is 4.72 Å². The summed E-state index contributed by atoms with van der Waals surface area (Å²) in [6, 6.07) is 10.8. The van der Waals surface area contributed by atoms with Gasteiger partial charge in [0.2, 0.25) is 0 Å². The van der Waals surface area contributed by atoms with Crippen LogP contribution in [-0.4, -0.2) is 28.6 Å². The van der Waals surface area contributed by atoms with Crippen LogP contribution in [0.2, 0.25) is 0 Å². The van der Waals surface area contributed by atoms with Crippen molar-refractivity contribution in [3.8, 4) is 5.69 Å². The third-order valence-corrected chi connectivity index (χ3v) is 6.14. The number of hydrogen-bond acceptors (Lipinski definition) is 5. The first-order valence-corrected chi connectivity index (χ1v) is 10.0. The molecule has 0 radical (unpaired) electrons. The number of nitrogens with one attached hydrogen (secondary N) is 1. The molecule has 8 heteroatoms. The summed E-state index contributed by atoms with van der Waals surface area (Å²) in [6.45, 7) is 1.84. The molecule has 1 heterocycles. The van der Waals surface area contributed by atoms with Crippen molar-refractivity contribution in [2.45, 2.75) is 37.5 Å². The SMILES string of the molecule is Cc1c(NS(=O)(=O)c2ccc3c(c2)CCCC3)cccc1-n1cnnn1. The topological polar surface area (TPSA) is 89.8 Å². The molecule has 134 valence electrons. The molecule has 0 aliphatic heterocycles. The molecule has 0 fully saturated rings. The van der Waals surface area contributed by atoms with E-state index in [2.05, 4.69) is 20.2 Å². The second kappa shape index (κ2) is 6.53. The van der Waals surface area contributed by atoms with Crippen molar-refractivity contribution in [1.29, 1.82) is 0 Å². The number of benzene rings is 2. The minimum atomic E-state index is -3.67. The summed E-state index contributed by atoms with van der Waals surface area (Å²) < 4.78 is 30.0. The molecule has 0 atom stereocenters. The largest absolute Gasteiger partial charge is 0.279 e. The molecule has 1 aliphatic rings. The molecule has 0 spiro atoms. The molecule has 0 amide bonds. The van der Waals surface area contributed by atoms with Crippen molar-refractivity contribution in [2.75, 3.05) is 4.72 Å². The number of nitrogens with zero attached hydrogens (tertiary/aromatic N) is 4. The number of anilines is 1. The van der Waals surface area contributed by atoms with E-state index in [1.807, 2.05) is 19.1 Å². The van der Waals surface area contributed by atoms with Gasteiger partial charge in [-0.25, -0.2) is 13.1 Å². The van der Waals surface area contributed by atoms with Gasteiger partial charge >= 0.3 is 0 Å². The Morgan fingerprint density at radius 2 is 1.88 bits per heavy atom. The number of tetrazole rings is 1. The van der Waals surface area contributed by atoms with E-state index in [-0.39, 0.29) is 0 Å². The van der Waals surface area contributed by atoms with Gasteiger partial charge in [-0.3, -0.25) is 4.72 Å². The highest BCUT2D eigenvalue weighted by atomic mass is 32.2. The predicted molar refractivity (Wildman–Crippen MR) is 97.8 cm³/mol. The van der Waals surface area contributed by atoms with Crippen LogP contribution in [0.15, 0.2) is 47.6 Å². The second-order valence-corrected chi connectivity index (χ2v) is 8.13. The monoisotopic (exact) mass is 369 g/mol. The zero-order chi connectivity index (χ0) is 18.1. The fourth-order valence-corrected chi connectivity index (χ4v) is 4.51. The summed E-state index contributed by atoms with van der Waals surface area (Å²) in [5, 5.41) is 11.1. The molecule has 26 heavy (non-hydrogen) atoms. The van der Waals surface area contributed by atoms with Gasteiger partial charge in [0.05, 0.1) is 16.3 Å². The van der Waals surface area contributed by atoms with Crippen molar-refractivity contribution in [1.82, 2.24) is 20.2 Å². The van der Waals surface area contributed by atoms with Crippen LogP contribution in [0.5, 0.6) is 0 Å². The van der Waals surface area contributed by atoms with Crippen molar-refractivity contribution in [3.05, 3.63) is 59.4 Å². The normalized spacial score (nSPS) is 14.0. The Morgan fingerprint density at radius 1 is 1.08 bits per heavy atom. The lowest BCUT2D eigenvalue weighted by molar-refractivity contribution is 0.600. The maximum absolute atomic E-state index is 12.9. The smallest absolute Gasteiger partial charge is 0.261 e. The highest BCUT2D eigenvalue weighted by Gasteiger charge is 2.19. The summed E-state index contributed by atoms with van der Waals surface area (Å²) in [4.78, 5) is 0.297. The average Bonchev–Trinajstić information content (AvgIpc) is 3.17. The van der Waals surface area contributed by atoms with Crippen LogP contribution in [0.1, 0.15) is 29.5 Å². The van der Waals surface area contributed by atoms with Gasteiger partial charge in [-0.05, 0) is 84.0 Å². The average molecular weight is 369 g/mol. The van der Waals surface area contributed by atoms with Crippen LogP contribution >= 0.6 is 0 Å². The number of sulfonamides is 1. The number of hydrogen-bond donors (Lipinski definition) is 1. The number of rotatable bonds is 4. The molecule has 0 saturated carbocycles. The number of aryl methyl sites for hydroxylation is 2. The van der Waals surface area contributed by atoms with Gasteiger partial charge in [0, 0.05) is 0 Å². The van der Waals surface area contributed by atoms with Crippen LogP contribution in [-0.2, 0) is 22.9 Å². The summed E-state index contributed by atoms with van der Waals surface area (Å²) in [5.74, 6) is 0. The van der Waals surface area contributed by atoms with E-state index in [0.717, 1.165) is 36.1 Å². The summed E-state index contributed by atoms with van der Waals surface area (Å²) >= 11 is 0. The molecule has 0 unspecified atom stereocenters. The molecule has 1 aliphatic carbocycles. The van der Waals surface area contributed by atoms with Crippen molar-refractivity contribution >= 4 is 15.7 Å². The van der Waals surface area contributed by atoms with Crippen LogP contribution in [0, 0.1) is 6.92 Å². The van der Waals surface area contributed by atoms with Crippen molar-refractivity contribution in [3.63, 3.8) is 0 Å². The lowest BCUT2D eigenvalue weighted by Crippen LogP contribution is -2.15. The molecule has 1 aromatic heterocycles. The van der Waals surface area contributed by atoms with E-state index < -0.39 is 10.0 Å². The molecular formula is C18H19N5O2S. The van der Waals surface area contributed by atoms with Crippen LogP contribution in [0.25, 0.3) is 5.69 Å². The minimum absolute atomic E-state index is 0.297. The molecule has 4 rings (SSSR count). The minimum Gasteiger partial charge on any atom is -0.279 e. The second-order valence-electron chi connectivity index (χ2n) is 6.45. The Hall–Kier alpha value is -2.74. The Kier molecular flexibility index (Phi) is 4.20. The lowest BCUT2D eigenvalue weighted by atomic mass is 9.92. The van der Waals surface area contributed by atoms with Gasteiger partial charge in [-0.15, -0.1) is 5.10 Å². The molecule has 2 aromatic carbocycles. The van der Waals surface area contributed by atoms with Gasteiger partial charge in [0.25, 0.3) is 10.0 Å². The quantitative estimate of drug-likeness (QED) is 0.764. The van der Waals surface area contributed by atoms with Gasteiger partial charge in [0.15, 0.2) is 0 Å². The van der Waals surface area contributed by atoms with E-state index in [0.29, 0.717) is 10.6 Å². The van der Waals surface area contributed by atoms with Crippen molar-refractivity contribution < 1.29 is 8.42 Å². The number of aromatic nitrogens is 4. The van der Waals surface area contributed by atoms with Gasteiger partial charge in [-0.2, -0.15) is 0 Å². The van der Waals surface area contributed by atoms with Crippen molar-refractivity contribution in [2.24, 2.45) is 0 Å². The molecule has 0 bridgehead atoms. The molecule has 1 N–H and O–H groups in total. The zero-order valence-electron chi connectivity index (χ0n) is 14.4. The van der Waals surface area contributed by atoms with Gasteiger partial charge < -0.3 is 0 Å². The third kappa shape index (κ3) is 3.08. The molecule has 7 nitrogen and oxygen atoms in total. The first-order valence-electron chi connectivity index (χ1n) is 8.52. The van der Waals surface area contributed by atoms with E-state index in [9.17, 15) is 8.42 Å². The molecular weight excluding hydrogens is 350 g/mol. The fourth-order valence-electron chi connectivity index (χ4n) is 3.33. The van der Waals surface area contributed by atoms with Crippen LogP contribution in [0.4, 0.5) is 5.69 Å². The molecule has 0 saturated heterocycles. The first kappa shape index (κ1) is 16.7. The maximum Gasteiger partial charge on any atom is 0.261 e. The fraction of sp³-hybridized carbons (Fsp3) is 0.278. The van der Waals surface area contributed by atoms with E-state index >= 15 is 0 Å². The Labute approximate surface area is 152 Å². The molecule has 3 aromatic rings. The highest BCUT2D eigenvalue weighted by molar-refractivity contribution is 7.92. The predicted octanol–water partition coefficient (Wildman–Crippen LogP) is 2.65. The van der Waals surface area contributed by atoms with Crippen LogP contribution in [0.3, 0.4) is 0 Å². The summed E-state index contributed by atoms with van der Waals surface area (Å²) in [6.07, 6.45) is 5.71. The van der Waals surface area contributed by atoms with E-state index in [1.165, 1.54) is 23.0 Å². The maximum atomic E-state index is 12.9. The Morgan fingerprint density at radius 3 is 2.65 bits per heavy atom.